The first-order valence-corrected chi connectivity index (χ1v) is 19.1. The van der Waals surface area contributed by atoms with E-state index < -0.39 is 11.9 Å². The summed E-state index contributed by atoms with van der Waals surface area (Å²) in [5.74, 6) is 1.89. The van der Waals surface area contributed by atoms with Crippen molar-refractivity contribution in [3.8, 4) is 0 Å². The van der Waals surface area contributed by atoms with E-state index in [9.17, 15) is 4.79 Å². The molecule has 0 radical (unpaired) electrons. The van der Waals surface area contributed by atoms with Gasteiger partial charge >= 0.3 is 0 Å². The molecule has 52 heavy (non-hydrogen) atoms. The monoisotopic (exact) mass is 723 g/mol. The lowest BCUT2D eigenvalue weighted by Crippen LogP contribution is -2.40. The van der Waals surface area contributed by atoms with Gasteiger partial charge in [0.1, 0.15) is 24.0 Å². The van der Waals surface area contributed by atoms with E-state index in [1.807, 2.05) is 24.3 Å². The molecular formula is C39H61N7O6. The Labute approximate surface area is 309 Å². The van der Waals surface area contributed by atoms with Gasteiger partial charge in [0.2, 0.25) is 5.91 Å². The molecule has 0 spiro atoms. The third-order valence-corrected chi connectivity index (χ3v) is 8.92. The zero-order valence-corrected chi connectivity index (χ0v) is 31.4. The van der Waals surface area contributed by atoms with Gasteiger partial charge in [-0.25, -0.2) is 15.0 Å². The number of unbranched alkanes of at least 4 members (excludes halogenated alkanes) is 1. The Bertz CT molecular complexity index is 1430. The van der Waals surface area contributed by atoms with Gasteiger partial charge in [-0.2, -0.15) is 0 Å². The summed E-state index contributed by atoms with van der Waals surface area (Å²) in [6.07, 6.45) is 8.29. The lowest BCUT2D eigenvalue weighted by molar-refractivity contribution is -0.118. The molecule has 13 nitrogen and oxygen atoms in total. The molecule has 2 aromatic heterocycles. The minimum atomic E-state index is -0.579. The number of hydrogen-bond donors (Lipinski definition) is 3. The molecule has 1 atom stereocenters. The second kappa shape index (κ2) is 24.7. The number of primary amides is 1. The Kier molecular flexibility index (Phi) is 19.6. The van der Waals surface area contributed by atoms with Crippen molar-refractivity contribution >= 4 is 28.4 Å². The highest BCUT2D eigenvalue weighted by Crippen LogP contribution is 2.21. The fourth-order valence-corrected chi connectivity index (χ4v) is 5.86. The summed E-state index contributed by atoms with van der Waals surface area (Å²) < 4.78 is 28.3. The first-order valence-electron chi connectivity index (χ1n) is 19.1. The number of pyridine rings is 1. The topological polar surface area (TPSA) is 155 Å². The average Bonchev–Trinajstić information content (AvgIpc) is 3.15. The van der Waals surface area contributed by atoms with Crippen LogP contribution in [-0.4, -0.2) is 124 Å². The first-order chi connectivity index (χ1) is 25.5. The summed E-state index contributed by atoms with van der Waals surface area (Å²) in [4.78, 5) is 28.5. The van der Waals surface area contributed by atoms with Crippen LogP contribution in [0.5, 0.6) is 0 Å². The van der Waals surface area contributed by atoms with Gasteiger partial charge in [-0.05, 0) is 81.2 Å². The molecule has 0 saturated heterocycles. The fourth-order valence-electron chi connectivity index (χ4n) is 5.86. The number of aryl methyl sites for hydroxylation is 2. The number of rotatable bonds is 29. The first kappa shape index (κ1) is 41.3. The number of fused-ring (bicyclic) bond motifs is 2. The van der Waals surface area contributed by atoms with Crippen molar-refractivity contribution in [2.75, 3.05) is 103 Å². The van der Waals surface area contributed by atoms with Crippen LogP contribution in [0.2, 0.25) is 0 Å². The van der Waals surface area contributed by atoms with E-state index in [2.05, 4.69) is 51.5 Å². The highest BCUT2D eigenvalue weighted by molar-refractivity contribution is 5.91. The molecule has 0 unspecified atom stereocenters. The molecule has 3 aromatic rings. The van der Waals surface area contributed by atoms with Crippen molar-refractivity contribution in [2.24, 2.45) is 11.7 Å². The van der Waals surface area contributed by atoms with Crippen molar-refractivity contribution in [1.29, 1.82) is 0 Å². The predicted octanol–water partition coefficient (Wildman–Crippen LogP) is 4.49. The molecule has 1 aromatic carbocycles. The van der Waals surface area contributed by atoms with Crippen molar-refractivity contribution in [3.05, 3.63) is 54.0 Å². The Morgan fingerprint density at radius 1 is 0.827 bits per heavy atom. The van der Waals surface area contributed by atoms with E-state index in [0.29, 0.717) is 84.2 Å². The standard InChI is InChI=1S/C39H61N7O6/c1-31(2)15-20-48-22-24-50-26-28-52-29-27-51-25-23-49-21-19-46(17-6-5-9-33-13-12-32-8-7-16-41-38(32)44-33)18-14-36(37(40)47)45-39-34-10-3-4-11-35(34)42-30-43-39/h3-4,10-13,30-31,36H,5-9,14-29H2,1-2H3,(H2,40,47)(H,41,44)(H,42,43,45)/t36-/m0/s1. The number of hydrogen-bond acceptors (Lipinski definition) is 12. The smallest absolute Gasteiger partial charge is 0.240 e. The lowest BCUT2D eigenvalue weighted by Gasteiger charge is -2.25. The van der Waals surface area contributed by atoms with Crippen molar-refractivity contribution in [2.45, 2.75) is 64.8 Å². The Morgan fingerprint density at radius 2 is 1.52 bits per heavy atom. The fraction of sp³-hybridized carbons (Fsp3) is 0.641. The molecule has 3 heterocycles. The molecule has 1 amide bonds. The summed E-state index contributed by atoms with van der Waals surface area (Å²) in [5.41, 5.74) is 9.10. The van der Waals surface area contributed by atoms with Crippen molar-refractivity contribution < 1.29 is 28.5 Å². The maximum atomic E-state index is 12.5. The summed E-state index contributed by atoms with van der Waals surface area (Å²) in [6.45, 7) is 13.3. The molecule has 0 aliphatic carbocycles. The molecule has 0 bridgehead atoms. The molecule has 13 heteroatoms. The number of benzene rings is 1. The molecule has 4 rings (SSSR count). The third-order valence-electron chi connectivity index (χ3n) is 8.92. The van der Waals surface area contributed by atoms with Crippen LogP contribution in [-0.2, 0) is 41.3 Å². The zero-order chi connectivity index (χ0) is 36.6. The van der Waals surface area contributed by atoms with Crippen molar-refractivity contribution in [1.82, 2.24) is 19.9 Å². The number of aromatic nitrogens is 3. The van der Waals surface area contributed by atoms with E-state index in [0.717, 1.165) is 87.2 Å². The quantitative estimate of drug-likeness (QED) is 0.0865. The Hall–Kier alpha value is -3.46. The Balaban J connectivity index is 1.14. The minimum absolute atomic E-state index is 0.415. The van der Waals surface area contributed by atoms with Crippen LogP contribution in [0.15, 0.2) is 42.7 Å². The Morgan fingerprint density at radius 3 is 2.23 bits per heavy atom. The number of nitrogens with one attached hydrogen (secondary N) is 2. The average molecular weight is 724 g/mol. The highest BCUT2D eigenvalue weighted by Gasteiger charge is 2.19. The molecule has 0 saturated carbocycles. The number of amides is 1. The van der Waals surface area contributed by atoms with Gasteiger partial charge in [0.05, 0.1) is 65.0 Å². The van der Waals surface area contributed by atoms with E-state index in [-0.39, 0.29) is 0 Å². The number of carbonyl (C=O) groups excluding carboxylic acids is 1. The van der Waals surface area contributed by atoms with E-state index in [1.54, 1.807) is 0 Å². The molecule has 1 aliphatic heterocycles. The molecule has 4 N–H and O–H groups in total. The highest BCUT2D eigenvalue weighted by atomic mass is 16.6. The third kappa shape index (κ3) is 16.1. The van der Waals surface area contributed by atoms with Crippen molar-refractivity contribution in [3.63, 3.8) is 0 Å². The molecule has 288 valence electrons. The number of nitrogens with zero attached hydrogens (tertiary/aromatic N) is 4. The molecule has 0 fully saturated rings. The number of ether oxygens (including phenoxy) is 5. The maximum Gasteiger partial charge on any atom is 0.240 e. The lowest BCUT2D eigenvalue weighted by atomic mass is 10.1. The zero-order valence-electron chi connectivity index (χ0n) is 31.4. The van der Waals surface area contributed by atoms with Gasteiger partial charge in [-0.3, -0.25) is 4.79 Å². The van der Waals surface area contributed by atoms with Crippen LogP contribution in [0.4, 0.5) is 11.6 Å². The normalized spacial score (nSPS) is 13.4. The maximum absolute atomic E-state index is 12.5. The van der Waals surface area contributed by atoms with Gasteiger partial charge in [-0.1, -0.05) is 32.0 Å². The number of anilines is 2. The SMILES string of the molecule is CC(C)CCOCCOCCOCCOCCOCCN(CCCCc1ccc2c(n1)NCCC2)CC[C@H](Nc1ncnc2ccccc12)C(N)=O. The second-order valence-electron chi connectivity index (χ2n) is 13.5. The van der Waals surface area contributed by atoms with Gasteiger partial charge < -0.3 is 45.0 Å². The summed E-state index contributed by atoms with van der Waals surface area (Å²) in [6, 6.07) is 11.5. The van der Waals surface area contributed by atoms with Gasteiger partial charge in [-0.15, -0.1) is 0 Å². The number of carbonyl (C=O) groups is 1. The second-order valence-corrected chi connectivity index (χ2v) is 13.5. The van der Waals surface area contributed by atoms with Crippen LogP contribution in [0.1, 0.15) is 57.2 Å². The molecular weight excluding hydrogens is 662 g/mol. The van der Waals surface area contributed by atoms with E-state index in [1.165, 1.54) is 11.9 Å². The van der Waals surface area contributed by atoms with Crippen LogP contribution in [0, 0.1) is 5.92 Å². The van der Waals surface area contributed by atoms with E-state index >= 15 is 0 Å². The number of para-hydroxylation sites is 1. The van der Waals surface area contributed by atoms with Gasteiger partial charge in [0.25, 0.3) is 0 Å². The summed E-state index contributed by atoms with van der Waals surface area (Å²) in [5, 5.41) is 7.56. The largest absolute Gasteiger partial charge is 0.379 e. The predicted molar refractivity (Wildman–Crippen MR) is 205 cm³/mol. The van der Waals surface area contributed by atoms with Gasteiger partial charge in [0, 0.05) is 37.3 Å². The van der Waals surface area contributed by atoms with Crippen LogP contribution in [0.3, 0.4) is 0 Å². The van der Waals surface area contributed by atoms with Crippen LogP contribution >= 0.6 is 0 Å². The van der Waals surface area contributed by atoms with Crippen LogP contribution < -0.4 is 16.4 Å². The van der Waals surface area contributed by atoms with Crippen LogP contribution in [0.25, 0.3) is 10.9 Å². The number of nitrogens with two attached hydrogens (primary N) is 1. The minimum Gasteiger partial charge on any atom is -0.379 e. The molecule has 1 aliphatic rings. The summed E-state index contributed by atoms with van der Waals surface area (Å²) >= 11 is 0. The van der Waals surface area contributed by atoms with Gasteiger partial charge in [0.15, 0.2) is 0 Å². The summed E-state index contributed by atoms with van der Waals surface area (Å²) in [7, 11) is 0. The van der Waals surface area contributed by atoms with E-state index in [4.69, 9.17) is 34.4 Å².